The van der Waals surface area contributed by atoms with Gasteiger partial charge in [-0.1, -0.05) is 6.07 Å². The Morgan fingerprint density at radius 3 is 2.57 bits per heavy atom. The molecule has 4 N–H and O–H groups in total. The highest BCUT2D eigenvalue weighted by Gasteiger charge is 2.26. The Morgan fingerprint density at radius 2 is 1.89 bits per heavy atom. The Morgan fingerprint density at radius 1 is 1.16 bits per heavy atom. The number of carbonyl (C=O) groups excluding carboxylic acids is 1. The van der Waals surface area contributed by atoms with Gasteiger partial charge in [0.1, 0.15) is 0 Å². The monoisotopic (exact) mass is 521 g/mol. The van der Waals surface area contributed by atoms with E-state index in [4.69, 9.17) is 10.5 Å². The Hall–Kier alpha value is -3.96. The molecule has 1 saturated carbocycles. The van der Waals surface area contributed by atoms with Gasteiger partial charge in [0, 0.05) is 36.1 Å². The molecule has 196 valence electrons. The second-order valence-corrected chi connectivity index (χ2v) is 8.86. The number of halogens is 5. The SMILES string of the molecule is N=C/C(=C\NC(F)F)c1ccc2nn(C3CCC(CNC(=O)c4cc(F)c(O)c(F)c4F)CC3)cc2c1. The van der Waals surface area contributed by atoms with Gasteiger partial charge >= 0.3 is 6.55 Å². The zero-order valence-corrected chi connectivity index (χ0v) is 19.4. The number of allylic oxidation sites excluding steroid dienone is 1. The van der Waals surface area contributed by atoms with Crippen molar-refractivity contribution in [3.05, 3.63) is 65.2 Å². The highest BCUT2D eigenvalue weighted by atomic mass is 19.3. The maximum absolute atomic E-state index is 13.9. The van der Waals surface area contributed by atoms with Crippen LogP contribution in [0.4, 0.5) is 22.0 Å². The average molecular weight is 521 g/mol. The summed E-state index contributed by atoms with van der Waals surface area (Å²) in [5.41, 5.74) is 0.810. The van der Waals surface area contributed by atoms with Crippen LogP contribution in [0.1, 0.15) is 47.6 Å². The minimum absolute atomic E-state index is 0.0780. The van der Waals surface area contributed by atoms with Gasteiger partial charge in [-0.2, -0.15) is 18.3 Å². The molecule has 1 heterocycles. The van der Waals surface area contributed by atoms with E-state index in [2.05, 4.69) is 10.4 Å². The number of phenols is 1. The number of amides is 1. The van der Waals surface area contributed by atoms with E-state index < -0.39 is 41.2 Å². The molecule has 1 amide bonds. The minimum atomic E-state index is -2.73. The van der Waals surface area contributed by atoms with E-state index in [-0.39, 0.29) is 18.5 Å². The van der Waals surface area contributed by atoms with E-state index in [0.717, 1.165) is 49.0 Å². The summed E-state index contributed by atoms with van der Waals surface area (Å²) in [6.45, 7) is -2.53. The molecular weight excluding hydrogens is 497 g/mol. The van der Waals surface area contributed by atoms with Crippen molar-refractivity contribution in [2.45, 2.75) is 38.3 Å². The van der Waals surface area contributed by atoms with E-state index >= 15 is 0 Å². The molecule has 37 heavy (non-hydrogen) atoms. The first-order valence-electron chi connectivity index (χ1n) is 11.6. The van der Waals surface area contributed by atoms with Crippen molar-refractivity contribution in [3.8, 4) is 5.75 Å². The van der Waals surface area contributed by atoms with Gasteiger partial charge in [0.15, 0.2) is 17.4 Å². The number of phenolic OH excluding ortho intramolecular Hbond substituents is 1. The number of rotatable bonds is 8. The summed E-state index contributed by atoms with van der Waals surface area (Å²) in [5.74, 6) is -7.19. The summed E-state index contributed by atoms with van der Waals surface area (Å²) in [6.07, 6.45) is 6.91. The molecule has 0 saturated heterocycles. The molecule has 0 unspecified atom stereocenters. The fourth-order valence-electron chi connectivity index (χ4n) is 4.47. The second kappa shape index (κ2) is 11.0. The number of benzene rings is 2. The molecule has 2 aromatic carbocycles. The Kier molecular flexibility index (Phi) is 7.74. The molecule has 4 rings (SSSR count). The molecule has 0 bridgehead atoms. The normalized spacial score (nSPS) is 18.3. The van der Waals surface area contributed by atoms with E-state index in [1.165, 1.54) is 0 Å². The van der Waals surface area contributed by atoms with Crippen molar-refractivity contribution in [2.75, 3.05) is 6.54 Å². The van der Waals surface area contributed by atoms with Crippen LogP contribution in [0.15, 0.2) is 36.7 Å². The van der Waals surface area contributed by atoms with Crippen molar-refractivity contribution in [1.29, 1.82) is 5.41 Å². The number of aromatic nitrogens is 2. The van der Waals surface area contributed by atoms with Crippen LogP contribution in [0.25, 0.3) is 16.5 Å². The molecule has 0 atom stereocenters. The molecule has 1 aromatic heterocycles. The minimum Gasteiger partial charge on any atom is -0.503 e. The van der Waals surface area contributed by atoms with Crippen molar-refractivity contribution in [1.82, 2.24) is 20.4 Å². The van der Waals surface area contributed by atoms with E-state index in [1.807, 2.05) is 16.2 Å². The maximum atomic E-state index is 13.9. The van der Waals surface area contributed by atoms with Crippen LogP contribution >= 0.6 is 0 Å². The molecular formula is C25H24F5N5O2. The largest absolute Gasteiger partial charge is 0.503 e. The van der Waals surface area contributed by atoms with Gasteiger partial charge in [-0.25, -0.2) is 8.78 Å². The number of alkyl halides is 2. The van der Waals surface area contributed by atoms with Gasteiger partial charge in [-0.15, -0.1) is 0 Å². The number of carbonyl (C=O) groups is 1. The Bertz CT molecular complexity index is 1350. The summed E-state index contributed by atoms with van der Waals surface area (Å²) in [6, 6.07) is 5.80. The first-order valence-corrected chi connectivity index (χ1v) is 11.6. The van der Waals surface area contributed by atoms with Crippen LogP contribution in [0.5, 0.6) is 5.75 Å². The highest BCUT2D eigenvalue weighted by Crippen LogP contribution is 2.33. The third kappa shape index (κ3) is 5.73. The molecule has 1 aliphatic carbocycles. The highest BCUT2D eigenvalue weighted by molar-refractivity contribution is 6.09. The zero-order chi connectivity index (χ0) is 26.7. The topological polar surface area (TPSA) is 103 Å². The molecule has 1 aliphatic rings. The Balaban J connectivity index is 1.36. The molecule has 0 radical (unpaired) electrons. The number of nitrogens with one attached hydrogen (secondary N) is 3. The summed E-state index contributed by atoms with van der Waals surface area (Å²) in [4.78, 5) is 12.2. The lowest BCUT2D eigenvalue weighted by Gasteiger charge is -2.28. The lowest BCUT2D eigenvalue weighted by atomic mass is 9.86. The predicted molar refractivity (Wildman–Crippen MR) is 127 cm³/mol. The third-order valence-electron chi connectivity index (χ3n) is 6.50. The van der Waals surface area contributed by atoms with Crippen LogP contribution in [0, 0.1) is 28.8 Å². The Labute approximate surface area is 208 Å². The lowest BCUT2D eigenvalue weighted by molar-refractivity contribution is 0.0935. The summed E-state index contributed by atoms with van der Waals surface area (Å²) in [5, 5.41) is 26.4. The maximum Gasteiger partial charge on any atom is 0.312 e. The molecule has 1 fully saturated rings. The van der Waals surface area contributed by atoms with Gasteiger partial charge in [0.05, 0.1) is 17.1 Å². The number of aromatic hydroxyl groups is 1. The average Bonchev–Trinajstić information content (AvgIpc) is 3.32. The van der Waals surface area contributed by atoms with Crippen LogP contribution in [0.3, 0.4) is 0 Å². The number of hydrogen-bond acceptors (Lipinski definition) is 5. The zero-order valence-electron chi connectivity index (χ0n) is 19.4. The van der Waals surface area contributed by atoms with Crippen molar-refractivity contribution < 1.29 is 31.9 Å². The fourth-order valence-corrected chi connectivity index (χ4v) is 4.47. The predicted octanol–water partition coefficient (Wildman–Crippen LogP) is 5.12. The van der Waals surface area contributed by atoms with Crippen molar-refractivity contribution in [3.63, 3.8) is 0 Å². The third-order valence-corrected chi connectivity index (χ3v) is 6.50. The van der Waals surface area contributed by atoms with Crippen LogP contribution in [-0.4, -0.2) is 40.1 Å². The summed E-state index contributed by atoms with van der Waals surface area (Å²) >= 11 is 0. The van der Waals surface area contributed by atoms with Gasteiger partial charge in [0.2, 0.25) is 5.82 Å². The molecule has 0 aliphatic heterocycles. The molecule has 12 heteroatoms. The summed E-state index contributed by atoms with van der Waals surface area (Å²) < 4.78 is 67.7. The number of nitrogens with zero attached hydrogens (tertiary/aromatic N) is 2. The fraction of sp³-hybridized carbons (Fsp3) is 0.320. The standard InChI is InChI=1S/C25H24F5N5O2/c26-19-8-18(21(27)22(28)23(19)36)24(37)32-10-13-1-4-17(5-2-13)35-12-15-7-14(3-6-20(15)34-35)16(9-31)11-33-25(29)30/h3,6-9,11-13,17,25,31,33,36H,1-2,4-5,10H2,(H,32,37)/b16-11+,31-9?. The molecule has 0 spiro atoms. The molecule has 3 aromatic rings. The smallest absolute Gasteiger partial charge is 0.312 e. The van der Waals surface area contributed by atoms with Crippen LogP contribution in [0.2, 0.25) is 0 Å². The number of fused-ring (bicyclic) bond motifs is 1. The molecule has 7 nitrogen and oxygen atoms in total. The lowest BCUT2D eigenvalue weighted by Crippen LogP contribution is -2.32. The van der Waals surface area contributed by atoms with Crippen molar-refractivity contribution in [2.24, 2.45) is 5.92 Å². The second-order valence-electron chi connectivity index (χ2n) is 8.86. The quantitative estimate of drug-likeness (QED) is 0.143. The van der Waals surface area contributed by atoms with E-state index in [1.54, 1.807) is 18.2 Å². The first kappa shape index (κ1) is 26.1. The van der Waals surface area contributed by atoms with Crippen molar-refractivity contribution >= 4 is 28.6 Å². The van der Waals surface area contributed by atoms with Gasteiger partial charge < -0.3 is 21.1 Å². The van der Waals surface area contributed by atoms with Gasteiger partial charge in [-0.3, -0.25) is 9.48 Å². The van der Waals surface area contributed by atoms with Gasteiger partial charge in [-0.05, 0) is 55.4 Å². The van der Waals surface area contributed by atoms with E-state index in [9.17, 15) is 26.7 Å². The van der Waals surface area contributed by atoms with Crippen LogP contribution < -0.4 is 10.6 Å². The first-order chi connectivity index (χ1) is 17.7. The van der Waals surface area contributed by atoms with Gasteiger partial charge in [0.25, 0.3) is 5.91 Å². The van der Waals surface area contributed by atoms with E-state index in [0.29, 0.717) is 17.2 Å². The number of hydrogen-bond donors (Lipinski definition) is 4. The van der Waals surface area contributed by atoms with Crippen LogP contribution in [-0.2, 0) is 0 Å². The summed E-state index contributed by atoms with van der Waals surface area (Å²) in [7, 11) is 0.